The van der Waals surface area contributed by atoms with Crippen LogP contribution in [0.4, 0.5) is 22.0 Å². The van der Waals surface area contributed by atoms with E-state index in [2.05, 4.69) is 10.0 Å². The minimum Gasteiger partial charge on any atom is -0.379 e. The van der Waals surface area contributed by atoms with Crippen molar-refractivity contribution in [2.45, 2.75) is 18.6 Å². The first-order valence-electron chi connectivity index (χ1n) is 13.8. The van der Waals surface area contributed by atoms with Crippen LogP contribution in [0.15, 0.2) is 77.9 Å². The SMILES string of the molecule is O=C(c1ccc(C(F)(F)F)cc1)N(CCN1CCOCC1)CC(=O)N1N=C(c2ccc(F)cc2)C[C@H]1c1ccc(F)cc1. The summed E-state index contributed by atoms with van der Waals surface area (Å²) in [6, 6.07) is 14.6. The third-order valence-corrected chi connectivity index (χ3v) is 7.46. The van der Waals surface area contributed by atoms with Gasteiger partial charge in [-0.25, -0.2) is 13.8 Å². The number of hydrazone groups is 1. The molecule has 5 rings (SSSR count). The Morgan fingerprint density at radius 2 is 1.49 bits per heavy atom. The molecule has 12 heteroatoms. The smallest absolute Gasteiger partial charge is 0.379 e. The second kappa shape index (κ2) is 13.0. The molecule has 226 valence electrons. The Morgan fingerprint density at radius 1 is 0.884 bits per heavy atom. The van der Waals surface area contributed by atoms with Crippen LogP contribution in [0.1, 0.15) is 39.5 Å². The molecule has 1 fully saturated rings. The number of carbonyl (C=O) groups is 2. The predicted molar refractivity (Wildman–Crippen MR) is 148 cm³/mol. The molecule has 3 aromatic rings. The second-order valence-corrected chi connectivity index (χ2v) is 10.3. The molecule has 0 saturated carbocycles. The molecule has 0 aromatic heterocycles. The number of hydrogen-bond donors (Lipinski definition) is 0. The van der Waals surface area contributed by atoms with E-state index in [4.69, 9.17) is 4.74 Å². The fourth-order valence-corrected chi connectivity index (χ4v) is 5.06. The summed E-state index contributed by atoms with van der Waals surface area (Å²) in [5.74, 6) is -2.01. The number of rotatable bonds is 8. The van der Waals surface area contributed by atoms with E-state index in [0.717, 1.165) is 24.3 Å². The first-order valence-corrected chi connectivity index (χ1v) is 13.8. The lowest BCUT2D eigenvalue weighted by Crippen LogP contribution is -2.46. The van der Waals surface area contributed by atoms with Crippen LogP contribution in [0, 0.1) is 11.6 Å². The Balaban J connectivity index is 1.41. The molecule has 2 heterocycles. The van der Waals surface area contributed by atoms with Crippen LogP contribution in [-0.2, 0) is 15.7 Å². The topological polar surface area (TPSA) is 65.5 Å². The average Bonchev–Trinajstić information content (AvgIpc) is 3.45. The van der Waals surface area contributed by atoms with Crippen molar-refractivity contribution in [3.63, 3.8) is 0 Å². The highest BCUT2D eigenvalue weighted by molar-refractivity contribution is 6.03. The van der Waals surface area contributed by atoms with Crippen LogP contribution in [-0.4, -0.2) is 78.3 Å². The number of nitrogens with zero attached hydrogens (tertiary/aromatic N) is 4. The highest BCUT2D eigenvalue weighted by Gasteiger charge is 2.35. The number of benzene rings is 3. The monoisotopic (exact) mass is 600 g/mol. The molecule has 1 atom stereocenters. The van der Waals surface area contributed by atoms with Crippen molar-refractivity contribution in [1.82, 2.24) is 14.8 Å². The zero-order valence-electron chi connectivity index (χ0n) is 23.1. The normalized spacial score (nSPS) is 17.6. The molecule has 0 radical (unpaired) electrons. The summed E-state index contributed by atoms with van der Waals surface area (Å²) in [7, 11) is 0. The number of carbonyl (C=O) groups excluding carboxylic acids is 2. The van der Waals surface area contributed by atoms with E-state index in [1.54, 1.807) is 24.3 Å². The van der Waals surface area contributed by atoms with Gasteiger partial charge in [0, 0.05) is 38.2 Å². The highest BCUT2D eigenvalue weighted by Crippen LogP contribution is 2.33. The van der Waals surface area contributed by atoms with E-state index in [1.165, 1.54) is 34.2 Å². The van der Waals surface area contributed by atoms with Gasteiger partial charge in [0.15, 0.2) is 0 Å². The van der Waals surface area contributed by atoms with Gasteiger partial charge in [0.2, 0.25) is 0 Å². The number of amides is 2. The molecule has 0 aliphatic carbocycles. The summed E-state index contributed by atoms with van der Waals surface area (Å²) in [6.45, 7) is 2.49. The molecule has 3 aromatic carbocycles. The Labute approximate surface area is 245 Å². The van der Waals surface area contributed by atoms with Gasteiger partial charge < -0.3 is 9.64 Å². The molecule has 7 nitrogen and oxygen atoms in total. The van der Waals surface area contributed by atoms with Crippen molar-refractivity contribution in [2.24, 2.45) is 5.10 Å². The number of halogens is 5. The van der Waals surface area contributed by atoms with Crippen LogP contribution in [0.2, 0.25) is 0 Å². The van der Waals surface area contributed by atoms with Gasteiger partial charge >= 0.3 is 6.18 Å². The minimum atomic E-state index is -4.56. The lowest BCUT2D eigenvalue weighted by molar-refractivity contribution is -0.137. The van der Waals surface area contributed by atoms with Crippen LogP contribution < -0.4 is 0 Å². The standard InChI is InChI=1S/C31H29F5N4O3/c32-25-9-3-21(4-10-25)27-19-28(22-5-11-26(33)12-6-22)40(37-27)29(41)20-39(14-13-38-15-17-43-18-16-38)30(42)23-1-7-24(8-2-23)31(34,35)36/h1-12,28H,13-20H2/t28-/m0/s1. The average molecular weight is 601 g/mol. The van der Waals surface area contributed by atoms with E-state index < -0.39 is 47.8 Å². The molecule has 0 bridgehead atoms. The van der Waals surface area contributed by atoms with Crippen molar-refractivity contribution in [3.05, 3.63) is 107 Å². The van der Waals surface area contributed by atoms with Crippen molar-refractivity contribution < 1.29 is 36.3 Å². The van der Waals surface area contributed by atoms with Crippen molar-refractivity contribution in [3.8, 4) is 0 Å². The third kappa shape index (κ3) is 7.44. The highest BCUT2D eigenvalue weighted by atomic mass is 19.4. The van der Waals surface area contributed by atoms with Crippen molar-refractivity contribution in [1.29, 1.82) is 0 Å². The van der Waals surface area contributed by atoms with E-state index in [0.29, 0.717) is 49.7 Å². The van der Waals surface area contributed by atoms with Gasteiger partial charge in [0.25, 0.3) is 11.8 Å². The van der Waals surface area contributed by atoms with Crippen molar-refractivity contribution >= 4 is 17.5 Å². The first kappa shape index (κ1) is 30.3. The number of ether oxygens (including phenoxy) is 1. The maximum absolute atomic E-state index is 13.8. The van der Waals surface area contributed by atoms with E-state index in [9.17, 15) is 31.5 Å². The number of hydrogen-bond acceptors (Lipinski definition) is 5. The largest absolute Gasteiger partial charge is 0.416 e. The van der Waals surface area contributed by atoms with E-state index in [-0.39, 0.29) is 18.5 Å². The molecule has 43 heavy (non-hydrogen) atoms. The van der Waals surface area contributed by atoms with Gasteiger partial charge in [0.1, 0.15) is 18.2 Å². The molecule has 2 aliphatic heterocycles. The van der Waals surface area contributed by atoms with Crippen LogP contribution in [0.25, 0.3) is 0 Å². The van der Waals surface area contributed by atoms with Crippen molar-refractivity contribution in [2.75, 3.05) is 45.9 Å². The van der Waals surface area contributed by atoms with Crippen LogP contribution in [0.3, 0.4) is 0 Å². The quantitative estimate of drug-likeness (QED) is 0.336. The summed E-state index contributed by atoms with van der Waals surface area (Å²) in [5, 5.41) is 5.78. The van der Waals surface area contributed by atoms with Crippen LogP contribution in [0.5, 0.6) is 0 Å². The molecule has 1 saturated heterocycles. The Hall–Kier alpha value is -4.16. The molecular weight excluding hydrogens is 571 g/mol. The zero-order valence-corrected chi connectivity index (χ0v) is 23.1. The lowest BCUT2D eigenvalue weighted by atomic mass is 9.98. The predicted octanol–water partition coefficient (Wildman–Crippen LogP) is 5.14. The Morgan fingerprint density at radius 3 is 2.09 bits per heavy atom. The Kier molecular flexibility index (Phi) is 9.16. The third-order valence-electron chi connectivity index (χ3n) is 7.46. The van der Waals surface area contributed by atoms with Gasteiger partial charge in [0.05, 0.1) is 30.5 Å². The van der Waals surface area contributed by atoms with E-state index in [1.807, 2.05) is 0 Å². The molecule has 2 aliphatic rings. The summed E-state index contributed by atoms with van der Waals surface area (Å²) in [4.78, 5) is 30.7. The fourth-order valence-electron chi connectivity index (χ4n) is 5.06. The molecule has 0 unspecified atom stereocenters. The minimum absolute atomic E-state index is 0.00906. The molecule has 2 amide bonds. The maximum atomic E-state index is 13.8. The molecule has 0 spiro atoms. The molecule has 0 N–H and O–H groups in total. The van der Waals surface area contributed by atoms with Crippen LogP contribution >= 0.6 is 0 Å². The maximum Gasteiger partial charge on any atom is 0.416 e. The summed E-state index contributed by atoms with van der Waals surface area (Å²) in [5.41, 5.74) is 0.853. The lowest BCUT2D eigenvalue weighted by Gasteiger charge is -2.31. The van der Waals surface area contributed by atoms with Gasteiger partial charge in [-0.2, -0.15) is 18.3 Å². The Bertz CT molecular complexity index is 1450. The van der Waals surface area contributed by atoms with Gasteiger partial charge in [-0.05, 0) is 59.7 Å². The number of morpholine rings is 1. The second-order valence-electron chi connectivity index (χ2n) is 10.3. The fraction of sp³-hybridized carbons (Fsp3) is 0.323. The van der Waals surface area contributed by atoms with Gasteiger partial charge in [-0.15, -0.1) is 0 Å². The summed E-state index contributed by atoms with van der Waals surface area (Å²) >= 11 is 0. The van der Waals surface area contributed by atoms with Gasteiger partial charge in [-0.1, -0.05) is 24.3 Å². The first-order chi connectivity index (χ1) is 20.6. The summed E-state index contributed by atoms with van der Waals surface area (Å²) in [6.07, 6.45) is -4.29. The van der Waals surface area contributed by atoms with Gasteiger partial charge in [-0.3, -0.25) is 14.5 Å². The zero-order chi connectivity index (χ0) is 30.6. The summed E-state index contributed by atoms with van der Waals surface area (Å²) < 4.78 is 72.0. The van der Waals surface area contributed by atoms with E-state index >= 15 is 0 Å². The molecular formula is C31H29F5N4O3. The number of alkyl halides is 3.